The van der Waals surface area contributed by atoms with Crippen molar-refractivity contribution >= 4 is 29.7 Å². The second kappa shape index (κ2) is 9.54. The molecule has 2 amide bonds. The van der Waals surface area contributed by atoms with E-state index >= 15 is 0 Å². The van der Waals surface area contributed by atoms with Crippen molar-refractivity contribution in [1.82, 2.24) is 19.7 Å². The van der Waals surface area contributed by atoms with Crippen LogP contribution in [0.2, 0.25) is 0 Å². The summed E-state index contributed by atoms with van der Waals surface area (Å²) in [5.74, 6) is -0.591. The number of halogens is 3. The van der Waals surface area contributed by atoms with Gasteiger partial charge >= 0.3 is 6.36 Å². The zero-order chi connectivity index (χ0) is 21.6. The summed E-state index contributed by atoms with van der Waals surface area (Å²) in [5, 5.41) is 9.23. The third-order valence-corrected chi connectivity index (χ3v) is 4.09. The number of hydrogen-bond donors (Lipinski definition) is 2. The van der Waals surface area contributed by atoms with Gasteiger partial charge in [-0.25, -0.2) is 0 Å². The maximum Gasteiger partial charge on any atom is 0.573 e. The van der Waals surface area contributed by atoms with Gasteiger partial charge in [0.2, 0.25) is 11.8 Å². The van der Waals surface area contributed by atoms with Crippen molar-refractivity contribution in [2.75, 3.05) is 18.9 Å². The summed E-state index contributed by atoms with van der Waals surface area (Å²) in [6, 6.07) is 4.69. The molecule has 0 saturated carbocycles. The Morgan fingerprint density at radius 2 is 1.97 bits per heavy atom. The highest BCUT2D eigenvalue weighted by Crippen LogP contribution is 2.23. The number of aryl methyl sites for hydroxylation is 1. The van der Waals surface area contributed by atoms with E-state index in [2.05, 4.69) is 20.3 Å². The van der Waals surface area contributed by atoms with Gasteiger partial charge in [0.05, 0.1) is 6.54 Å². The van der Waals surface area contributed by atoms with Gasteiger partial charge in [-0.15, -0.1) is 13.2 Å². The fourth-order valence-corrected chi connectivity index (χ4v) is 2.64. The van der Waals surface area contributed by atoms with Gasteiger partial charge in [-0.05, 0) is 42.9 Å². The Bertz CT molecular complexity index is 908. The van der Waals surface area contributed by atoms with E-state index in [1.165, 1.54) is 24.1 Å². The molecule has 1 aromatic carbocycles. The topological polar surface area (TPSA) is 92.3 Å². The van der Waals surface area contributed by atoms with Gasteiger partial charge in [0, 0.05) is 19.2 Å². The van der Waals surface area contributed by atoms with Crippen molar-refractivity contribution < 1.29 is 27.5 Å². The van der Waals surface area contributed by atoms with Crippen molar-refractivity contribution in [3.63, 3.8) is 0 Å². The number of rotatable bonds is 8. The van der Waals surface area contributed by atoms with Crippen LogP contribution in [0, 0.1) is 4.77 Å². The predicted molar refractivity (Wildman–Crippen MR) is 101 cm³/mol. The van der Waals surface area contributed by atoms with Crippen LogP contribution in [0.15, 0.2) is 24.3 Å². The minimum absolute atomic E-state index is 0.0576. The highest BCUT2D eigenvalue weighted by Gasteiger charge is 2.31. The number of alkyl halides is 3. The molecule has 2 rings (SSSR count). The van der Waals surface area contributed by atoms with Gasteiger partial charge in [-0.1, -0.05) is 6.92 Å². The molecule has 29 heavy (non-hydrogen) atoms. The number of H-pyrrole nitrogens is 1. The van der Waals surface area contributed by atoms with Crippen molar-refractivity contribution in [1.29, 1.82) is 0 Å². The lowest BCUT2D eigenvalue weighted by atomic mass is 10.3. The molecule has 0 spiro atoms. The molecule has 1 heterocycles. The van der Waals surface area contributed by atoms with E-state index in [0.717, 1.165) is 18.6 Å². The number of ether oxygens (including phenoxy) is 1. The quantitative estimate of drug-likeness (QED) is 0.627. The molecule has 0 aliphatic rings. The Balaban J connectivity index is 1.91. The van der Waals surface area contributed by atoms with Crippen molar-refractivity contribution in [2.45, 2.75) is 32.7 Å². The number of carbonyl (C=O) groups is 2. The van der Waals surface area contributed by atoms with Crippen LogP contribution in [0.5, 0.6) is 5.75 Å². The average Bonchev–Trinajstić information content (AvgIpc) is 2.96. The Morgan fingerprint density at radius 1 is 1.31 bits per heavy atom. The SMILES string of the molecule is CCCc1n[nH]c(=S)n1CC(=O)N(C)CC(=O)Nc1ccc(OC(F)(F)F)cc1. The summed E-state index contributed by atoms with van der Waals surface area (Å²) in [7, 11) is 1.46. The molecule has 1 aromatic heterocycles. The van der Waals surface area contributed by atoms with Crippen LogP contribution >= 0.6 is 12.2 Å². The first-order chi connectivity index (χ1) is 13.6. The summed E-state index contributed by atoms with van der Waals surface area (Å²) >= 11 is 5.12. The number of benzene rings is 1. The molecular formula is C17H20F3N5O3S. The predicted octanol–water partition coefficient (Wildman–Crippen LogP) is 2.89. The van der Waals surface area contributed by atoms with Gasteiger partial charge in [-0.3, -0.25) is 19.3 Å². The molecule has 0 saturated heterocycles. The van der Waals surface area contributed by atoms with E-state index in [-0.39, 0.29) is 24.7 Å². The number of nitrogens with one attached hydrogen (secondary N) is 2. The first kappa shape index (κ1) is 22.4. The van der Waals surface area contributed by atoms with Crippen LogP contribution in [0.1, 0.15) is 19.2 Å². The largest absolute Gasteiger partial charge is 0.573 e. The Labute approximate surface area is 169 Å². The second-order valence-corrected chi connectivity index (χ2v) is 6.54. The lowest BCUT2D eigenvalue weighted by Gasteiger charge is -2.17. The van der Waals surface area contributed by atoms with Crippen LogP contribution in [-0.4, -0.2) is 51.4 Å². The number of likely N-dealkylation sites (N-methyl/N-ethyl adjacent to an activating group) is 1. The summed E-state index contributed by atoms with van der Waals surface area (Å²) in [6.45, 7) is 1.67. The van der Waals surface area contributed by atoms with E-state index in [4.69, 9.17) is 12.2 Å². The smallest absolute Gasteiger partial charge is 0.406 e. The molecule has 158 valence electrons. The zero-order valence-corrected chi connectivity index (χ0v) is 16.6. The fourth-order valence-electron chi connectivity index (χ4n) is 2.43. The Hall–Kier alpha value is -2.89. The van der Waals surface area contributed by atoms with E-state index in [1.807, 2.05) is 6.92 Å². The molecule has 2 N–H and O–H groups in total. The Morgan fingerprint density at radius 3 is 2.55 bits per heavy atom. The first-order valence-electron chi connectivity index (χ1n) is 8.62. The summed E-state index contributed by atoms with van der Waals surface area (Å²) < 4.78 is 42.1. The highest BCUT2D eigenvalue weighted by molar-refractivity contribution is 7.71. The monoisotopic (exact) mass is 431 g/mol. The maximum absolute atomic E-state index is 12.4. The molecule has 0 fully saturated rings. The van der Waals surface area contributed by atoms with Gasteiger partial charge in [0.15, 0.2) is 4.77 Å². The van der Waals surface area contributed by atoms with Crippen molar-refractivity contribution in [3.05, 3.63) is 34.9 Å². The summed E-state index contributed by atoms with van der Waals surface area (Å²) in [4.78, 5) is 25.7. The summed E-state index contributed by atoms with van der Waals surface area (Å²) in [6.07, 6.45) is -3.31. The zero-order valence-electron chi connectivity index (χ0n) is 15.7. The third kappa shape index (κ3) is 6.89. The molecule has 0 atom stereocenters. The lowest BCUT2D eigenvalue weighted by molar-refractivity contribution is -0.274. The van der Waals surface area contributed by atoms with Crippen LogP contribution in [0.3, 0.4) is 0 Å². The highest BCUT2D eigenvalue weighted by atomic mass is 32.1. The van der Waals surface area contributed by atoms with Crippen LogP contribution in [0.25, 0.3) is 0 Å². The number of carbonyl (C=O) groups excluding carboxylic acids is 2. The maximum atomic E-state index is 12.4. The number of hydrogen-bond acceptors (Lipinski definition) is 5. The summed E-state index contributed by atoms with van der Waals surface area (Å²) in [5.41, 5.74) is 0.271. The number of nitrogens with zero attached hydrogens (tertiary/aromatic N) is 3. The minimum atomic E-state index is -4.79. The average molecular weight is 431 g/mol. The van der Waals surface area contributed by atoms with Crippen LogP contribution in [-0.2, 0) is 22.6 Å². The second-order valence-electron chi connectivity index (χ2n) is 6.15. The molecule has 0 unspecified atom stereocenters. The molecule has 0 radical (unpaired) electrons. The molecule has 12 heteroatoms. The fraction of sp³-hybridized carbons (Fsp3) is 0.412. The molecule has 8 nitrogen and oxygen atoms in total. The van der Waals surface area contributed by atoms with Crippen LogP contribution in [0.4, 0.5) is 18.9 Å². The normalized spacial score (nSPS) is 11.2. The van der Waals surface area contributed by atoms with Gasteiger partial charge in [0.1, 0.15) is 18.1 Å². The third-order valence-electron chi connectivity index (χ3n) is 3.78. The number of aromatic amines is 1. The minimum Gasteiger partial charge on any atom is -0.406 e. The molecule has 0 bridgehead atoms. The van der Waals surface area contributed by atoms with Gasteiger partial charge in [-0.2, -0.15) is 5.10 Å². The molecule has 2 aromatic rings. The molecule has 0 aliphatic carbocycles. The van der Waals surface area contributed by atoms with E-state index < -0.39 is 18.0 Å². The van der Waals surface area contributed by atoms with E-state index in [9.17, 15) is 22.8 Å². The van der Waals surface area contributed by atoms with E-state index in [1.54, 1.807) is 4.57 Å². The van der Waals surface area contributed by atoms with Crippen LogP contribution < -0.4 is 10.1 Å². The molecular weight excluding hydrogens is 411 g/mol. The van der Waals surface area contributed by atoms with Crippen molar-refractivity contribution in [2.24, 2.45) is 0 Å². The molecule has 0 aliphatic heterocycles. The Kier molecular flexibility index (Phi) is 7.37. The van der Waals surface area contributed by atoms with Crippen molar-refractivity contribution in [3.8, 4) is 5.75 Å². The number of aromatic nitrogens is 3. The van der Waals surface area contributed by atoms with Gasteiger partial charge < -0.3 is 15.0 Å². The standard InChI is InChI=1S/C17H20F3N5O3S/c1-3-4-13-22-23-16(29)25(13)10-15(27)24(2)9-14(26)21-11-5-7-12(8-6-11)28-17(18,19)20/h5-8H,3-4,9-10H2,1-2H3,(H,21,26)(H,23,29). The van der Waals surface area contributed by atoms with E-state index in [0.29, 0.717) is 17.0 Å². The number of amides is 2. The lowest BCUT2D eigenvalue weighted by Crippen LogP contribution is -2.37. The number of anilines is 1. The van der Waals surface area contributed by atoms with Gasteiger partial charge in [0.25, 0.3) is 0 Å². The first-order valence-corrected chi connectivity index (χ1v) is 9.03.